The quantitative estimate of drug-likeness (QED) is 0.760. The first kappa shape index (κ1) is 11.8. The van der Waals surface area contributed by atoms with Crippen LogP contribution < -0.4 is 5.73 Å². The first-order chi connectivity index (χ1) is 9.04. The number of hydrogen-bond donors (Lipinski definition) is 1. The van der Waals surface area contributed by atoms with Gasteiger partial charge in [0.25, 0.3) is 0 Å². The van der Waals surface area contributed by atoms with E-state index >= 15 is 0 Å². The largest absolute Gasteiger partial charge is 0.443 e. The fourth-order valence-electron chi connectivity index (χ4n) is 1.84. The molecule has 96 valence electrons. The number of rotatable bonds is 2. The predicted molar refractivity (Wildman–Crippen MR) is 72.2 cm³/mol. The Bertz CT molecular complexity index is 727. The Kier molecular flexibility index (Phi) is 2.57. The van der Waals surface area contributed by atoms with Gasteiger partial charge < -0.3 is 10.2 Å². The highest BCUT2D eigenvalue weighted by Crippen LogP contribution is 2.23. The van der Waals surface area contributed by atoms with Crippen molar-refractivity contribution >= 4 is 11.1 Å². The maximum atomic E-state index is 6.02. The van der Waals surface area contributed by atoms with Crippen molar-refractivity contribution < 1.29 is 4.42 Å². The fraction of sp³-hybridized carbons (Fsp3) is 0.214. The molecule has 3 rings (SSSR count). The van der Waals surface area contributed by atoms with Gasteiger partial charge in [0.1, 0.15) is 11.3 Å². The smallest absolute Gasteiger partial charge is 0.181 e. The molecule has 2 aromatic heterocycles. The van der Waals surface area contributed by atoms with E-state index in [9.17, 15) is 0 Å². The summed E-state index contributed by atoms with van der Waals surface area (Å²) in [6.07, 6.45) is 3.15. The number of oxazole rings is 1. The van der Waals surface area contributed by atoms with E-state index in [2.05, 4.69) is 15.0 Å². The van der Waals surface area contributed by atoms with Crippen LogP contribution in [0.2, 0.25) is 0 Å². The van der Waals surface area contributed by atoms with Crippen LogP contribution in [-0.2, 0) is 5.54 Å². The van der Waals surface area contributed by atoms with E-state index in [-0.39, 0.29) is 0 Å². The molecule has 0 bridgehead atoms. The van der Waals surface area contributed by atoms with Crippen molar-refractivity contribution in [3.8, 4) is 11.3 Å². The van der Waals surface area contributed by atoms with Gasteiger partial charge in [-0.2, -0.15) is 0 Å². The normalized spacial score (nSPS) is 11.9. The van der Waals surface area contributed by atoms with E-state index in [4.69, 9.17) is 10.2 Å². The Hall–Kier alpha value is -2.27. The Morgan fingerprint density at radius 3 is 2.79 bits per heavy atom. The number of hydrogen-bond acceptors (Lipinski definition) is 5. The standard InChI is InChI=1S/C14H14N4O/c1-14(2,15)13-16-6-5-10(18-13)9-3-4-11-12(7-9)19-8-17-11/h3-8H,15H2,1-2H3. The van der Waals surface area contributed by atoms with Crippen LogP contribution in [0.25, 0.3) is 22.4 Å². The third-order valence-corrected chi connectivity index (χ3v) is 2.86. The summed E-state index contributed by atoms with van der Waals surface area (Å²) < 4.78 is 5.30. The lowest BCUT2D eigenvalue weighted by Gasteiger charge is -2.16. The molecule has 2 N–H and O–H groups in total. The summed E-state index contributed by atoms with van der Waals surface area (Å²) in [5.74, 6) is 0.614. The van der Waals surface area contributed by atoms with E-state index in [1.807, 2.05) is 38.1 Å². The maximum absolute atomic E-state index is 6.02. The van der Waals surface area contributed by atoms with Gasteiger partial charge in [0.2, 0.25) is 0 Å². The number of nitrogens with two attached hydrogens (primary N) is 1. The summed E-state index contributed by atoms with van der Waals surface area (Å²) in [7, 11) is 0. The Morgan fingerprint density at radius 1 is 1.16 bits per heavy atom. The molecule has 0 amide bonds. The third kappa shape index (κ3) is 2.20. The first-order valence-corrected chi connectivity index (χ1v) is 6.00. The summed E-state index contributed by atoms with van der Waals surface area (Å²) >= 11 is 0. The second-order valence-corrected chi connectivity index (χ2v) is 5.02. The van der Waals surface area contributed by atoms with E-state index < -0.39 is 5.54 Å². The molecule has 2 heterocycles. The Morgan fingerprint density at radius 2 is 2.00 bits per heavy atom. The zero-order chi connectivity index (χ0) is 13.5. The van der Waals surface area contributed by atoms with Gasteiger partial charge in [-0.15, -0.1) is 0 Å². The summed E-state index contributed by atoms with van der Waals surface area (Å²) in [4.78, 5) is 12.8. The van der Waals surface area contributed by atoms with Crippen molar-refractivity contribution in [3.63, 3.8) is 0 Å². The Labute approximate surface area is 110 Å². The van der Waals surface area contributed by atoms with Gasteiger partial charge in [-0.3, -0.25) is 0 Å². The third-order valence-electron chi connectivity index (χ3n) is 2.86. The van der Waals surface area contributed by atoms with Gasteiger partial charge in [-0.25, -0.2) is 15.0 Å². The van der Waals surface area contributed by atoms with Crippen molar-refractivity contribution in [1.82, 2.24) is 15.0 Å². The Balaban J connectivity index is 2.10. The molecule has 0 unspecified atom stereocenters. The van der Waals surface area contributed by atoms with Crippen LogP contribution in [0.3, 0.4) is 0 Å². The summed E-state index contributed by atoms with van der Waals surface area (Å²) in [5, 5.41) is 0. The second kappa shape index (κ2) is 4.13. The number of fused-ring (bicyclic) bond motifs is 1. The average Bonchev–Trinajstić information content (AvgIpc) is 2.85. The van der Waals surface area contributed by atoms with E-state index in [1.165, 1.54) is 6.39 Å². The van der Waals surface area contributed by atoms with Crippen molar-refractivity contribution in [2.24, 2.45) is 5.73 Å². The molecule has 0 radical (unpaired) electrons. The lowest BCUT2D eigenvalue weighted by atomic mass is 10.1. The molecule has 3 aromatic rings. The molecule has 0 saturated heterocycles. The molecule has 1 aromatic carbocycles. The van der Waals surface area contributed by atoms with Crippen LogP contribution in [0.1, 0.15) is 19.7 Å². The number of nitrogens with zero attached hydrogens (tertiary/aromatic N) is 3. The molecule has 0 aliphatic rings. The van der Waals surface area contributed by atoms with Crippen LogP contribution in [0.4, 0.5) is 0 Å². The summed E-state index contributed by atoms with van der Waals surface area (Å²) in [6, 6.07) is 7.63. The molecular formula is C14H14N4O. The zero-order valence-corrected chi connectivity index (χ0v) is 10.8. The van der Waals surface area contributed by atoms with Gasteiger partial charge >= 0.3 is 0 Å². The molecule has 0 atom stereocenters. The maximum Gasteiger partial charge on any atom is 0.181 e. The second-order valence-electron chi connectivity index (χ2n) is 5.02. The van der Waals surface area contributed by atoms with Gasteiger partial charge in [-0.05, 0) is 32.0 Å². The van der Waals surface area contributed by atoms with Crippen LogP contribution in [0.15, 0.2) is 41.3 Å². The van der Waals surface area contributed by atoms with Gasteiger partial charge in [-0.1, -0.05) is 6.07 Å². The fourth-order valence-corrected chi connectivity index (χ4v) is 1.84. The lowest BCUT2D eigenvalue weighted by molar-refractivity contribution is 0.514. The van der Waals surface area contributed by atoms with Gasteiger partial charge in [0, 0.05) is 11.8 Å². The highest BCUT2D eigenvalue weighted by atomic mass is 16.3. The molecular weight excluding hydrogens is 240 g/mol. The van der Waals surface area contributed by atoms with Gasteiger partial charge in [0.15, 0.2) is 12.0 Å². The molecule has 0 saturated carbocycles. The summed E-state index contributed by atoms with van der Waals surface area (Å²) in [6.45, 7) is 3.76. The van der Waals surface area contributed by atoms with Crippen LogP contribution in [0, 0.1) is 0 Å². The van der Waals surface area contributed by atoms with E-state index in [1.54, 1.807) is 6.20 Å². The van der Waals surface area contributed by atoms with Crippen molar-refractivity contribution in [3.05, 3.63) is 42.7 Å². The molecule has 0 aliphatic carbocycles. The average molecular weight is 254 g/mol. The monoisotopic (exact) mass is 254 g/mol. The highest BCUT2D eigenvalue weighted by Gasteiger charge is 2.18. The van der Waals surface area contributed by atoms with Gasteiger partial charge in [0.05, 0.1) is 11.2 Å². The topological polar surface area (TPSA) is 77.8 Å². The van der Waals surface area contributed by atoms with E-state index in [0.717, 1.165) is 22.4 Å². The predicted octanol–water partition coefficient (Wildman–Crippen LogP) is 2.48. The molecule has 19 heavy (non-hydrogen) atoms. The molecule has 5 heteroatoms. The number of benzene rings is 1. The van der Waals surface area contributed by atoms with E-state index in [0.29, 0.717) is 5.82 Å². The van der Waals surface area contributed by atoms with Crippen LogP contribution >= 0.6 is 0 Å². The first-order valence-electron chi connectivity index (χ1n) is 6.00. The van der Waals surface area contributed by atoms with Crippen molar-refractivity contribution in [2.45, 2.75) is 19.4 Å². The minimum absolute atomic E-state index is 0.563. The minimum atomic E-state index is -0.563. The molecule has 5 nitrogen and oxygen atoms in total. The number of aromatic nitrogens is 3. The van der Waals surface area contributed by atoms with Crippen LogP contribution in [-0.4, -0.2) is 15.0 Å². The lowest BCUT2D eigenvalue weighted by Crippen LogP contribution is -2.31. The highest BCUT2D eigenvalue weighted by molar-refractivity contribution is 5.78. The summed E-state index contributed by atoms with van der Waals surface area (Å²) in [5.41, 5.74) is 8.81. The molecule has 0 fully saturated rings. The minimum Gasteiger partial charge on any atom is -0.443 e. The van der Waals surface area contributed by atoms with Crippen LogP contribution in [0.5, 0.6) is 0 Å². The molecule has 0 aliphatic heterocycles. The van der Waals surface area contributed by atoms with Crippen molar-refractivity contribution in [1.29, 1.82) is 0 Å². The molecule has 0 spiro atoms. The van der Waals surface area contributed by atoms with Crippen molar-refractivity contribution in [2.75, 3.05) is 0 Å². The zero-order valence-electron chi connectivity index (χ0n) is 10.8. The SMILES string of the molecule is CC(C)(N)c1nccc(-c2ccc3ncoc3c2)n1.